The van der Waals surface area contributed by atoms with Crippen molar-refractivity contribution in [1.82, 2.24) is 15.0 Å². The fourth-order valence-corrected chi connectivity index (χ4v) is 3.58. The molecule has 0 aliphatic carbocycles. The molecule has 0 unspecified atom stereocenters. The Morgan fingerprint density at radius 2 is 1.32 bits per heavy atom. The maximum absolute atomic E-state index is 14.1. The lowest BCUT2D eigenvalue weighted by Gasteiger charge is -2.17. The van der Waals surface area contributed by atoms with Crippen LogP contribution in [0.5, 0.6) is 0 Å². The van der Waals surface area contributed by atoms with E-state index in [-0.39, 0.29) is 29.7 Å². The van der Waals surface area contributed by atoms with E-state index in [0.29, 0.717) is 11.6 Å². The Morgan fingerprint density at radius 3 is 1.84 bits per heavy atom. The molecule has 38 heavy (non-hydrogen) atoms. The topological polar surface area (TPSA) is 67.8 Å². The molecular weight excluding hydrogens is 531 g/mol. The van der Waals surface area contributed by atoms with E-state index >= 15 is 0 Å². The molecule has 0 saturated carbocycles. The van der Waals surface area contributed by atoms with Gasteiger partial charge < -0.3 is 5.32 Å². The van der Waals surface area contributed by atoms with Crippen LogP contribution in [0, 0.1) is 6.92 Å². The minimum Gasteiger partial charge on any atom is -0.306 e. The van der Waals surface area contributed by atoms with E-state index in [1.807, 2.05) is 5.32 Å². The van der Waals surface area contributed by atoms with E-state index in [1.54, 1.807) is 18.2 Å². The molecule has 1 N–H and O–H groups in total. The lowest BCUT2D eigenvalue weighted by Crippen LogP contribution is -2.19. The van der Waals surface area contributed by atoms with Gasteiger partial charge in [-0.1, -0.05) is 30.3 Å². The summed E-state index contributed by atoms with van der Waals surface area (Å²) in [5.41, 5.74) is -6.27. The smallest absolute Gasteiger partial charge is 0.306 e. The summed E-state index contributed by atoms with van der Waals surface area (Å²) in [6, 6.07) is 8.55. The summed E-state index contributed by atoms with van der Waals surface area (Å²) in [6.45, 7) is 1.26. The van der Waals surface area contributed by atoms with Gasteiger partial charge in [-0.3, -0.25) is 4.79 Å². The molecule has 2 aromatic heterocycles. The minimum absolute atomic E-state index is 0.117. The molecule has 5 nitrogen and oxygen atoms in total. The third kappa shape index (κ3) is 5.53. The van der Waals surface area contributed by atoms with Crippen LogP contribution < -0.4 is 5.32 Å². The average Bonchev–Trinajstić information content (AvgIpc) is 2.81. The molecule has 4 rings (SSSR count). The second kappa shape index (κ2) is 9.26. The van der Waals surface area contributed by atoms with Crippen molar-refractivity contribution >= 4 is 22.8 Å². The first-order chi connectivity index (χ1) is 17.5. The van der Waals surface area contributed by atoms with E-state index in [1.165, 1.54) is 19.1 Å². The van der Waals surface area contributed by atoms with Gasteiger partial charge in [0, 0.05) is 11.1 Å². The second-order valence-electron chi connectivity index (χ2n) is 7.99. The zero-order valence-electron chi connectivity index (χ0n) is 18.8. The summed E-state index contributed by atoms with van der Waals surface area (Å²) >= 11 is 0. The SMILES string of the molecule is Cc1nc(NC(=O)c2cc(C(F)(F)F)cc(C(F)(F)F)c2)c2c(C(F)(F)F)cc(-c3ccccc3)nc2n1. The van der Waals surface area contributed by atoms with Crippen LogP contribution in [0.4, 0.5) is 45.3 Å². The highest BCUT2D eigenvalue weighted by molar-refractivity contribution is 6.08. The van der Waals surface area contributed by atoms with E-state index in [2.05, 4.69) is 15.0 Å². The molecule has 2 aromatic carbocycles. The van der Waals surface area contributed by atoms with Gasteiger partial charge in [-0.25, -0.2) is 15.0 Å². The highest BCUT2D eigenvalue weighted by Crippen LogP contribution is 2.40. The number of hydrogen-bond donors (Lipinski definition) is 1. The molecule has 0 bridgehead atoms. The first-order valence-electron chi connectivity index (χ1n) is 10.5. The molecule has 0 aliphatic heterocycles. The van der Waals surface area contributed by atoms with Gasteiger partial charge in [0.2, 0.25) is 0 Å². The number of fused-ring (bicyclic) bond motifs is 1. The Kier molecular flexibility index (Phi) is 6.54. The Hall–Kier alpha value is -4.23. The number of hydrogen-bond acceptors (Lipinski definition) is 4. The van der Waals surface area contributed by atoms with Gasteiger partial charge in [-0.05, 0) is 31.2 Å². The number of alkyl halides is 9. The molecule has 14 heteroatoms. The number of halogens is 9. The normalized spacial score (nSPS) is 12.6. The number of rotatable bonds is 3. The largest absolute Gasteiger partial charge is 0.417 e. The van der Waals surface area contributed by atoms with Gasteiger partial charge in [-0.2, -0.15) is 39.5 Å². The molecule has 0 fully saturated rings. The number of aryl methyl sites for hydroxylation is 1. The van der Waals surface area contributed by atoms with Gasteiger partial charge in [0.1, 0.15) is 11.6 Å². The standard InChI is InChI=1S/C24H13F9N4O/c1-11-34-19-18(16(24(31,32)33)10-17(36-19)12-5-3-2-4-6-12)20(35-11)37-21(38)13-7-14(22(25,26)27)9-15(8-13)23(28,29)30/h2-10H,1H3,(H,34,35,36,37,38). The Balaban J connectivity index is 1.89. The number of benzene rings is 2. The predicted octanol–water partition coefficient (Wildman–Crippen LogP) is 7.31. The summed E-state index contributed by atoms with van der Waals surface area (Å²) in [5, 5.41) is 1.11. The van der Waals surface area contributed by atoms with Crippen LogP contribution in [-0.4, -0.2) is 20.9 Å². The number of anilines is 1. The van der Waals surface area contributed by atoms with Crippen LogP contribution in [0.25, 0.3) is 22.3 Å². The Bertz CT molecular complexity index is 1500. The highest BCUT2D eigenvalue weighted by atomic mass is 19.4. The van der Waals surface area contributed by atoms with Crippen molar-refractivity contribution in [2.45, 2.75) is 25.5 Å². The van der Waals surface area contributed by atoms with Gasteiger partial charge >= 0.3 is 18.5 Å². The number of carbonyl (C=O) groups is 1. The van der Waals surface area contributed by atoms with Crippen molar-refractivity contribution in [2.24, 2.45) is 0 Å². The van der Waals surface area contributed by atoms with Crippen LogP contribution in [0.15, 0.2) is 54.6 Å². The van der Waals surface area contributed by atoms with Crippen molar-refractivity contribution < 1.29 is 44.3 Å². The molecule has 0 atom stereocenters. The number of aromatic nitrogens is 3. The van der Waals surface area contributed by atoms with Crippen molar-refractivity contribution in [3.63, 3.8) is 0 Å². The van der Waals surface area contributed by atoms with Gasteiger partial charge in [-0.15, -0.1) is 0 Å². The van der Waals surface area contributed by atoms with Crippen LogP contribution in [-0.2, 0) is 18.5 Å². The number of amides is 1. The zero-order valence-corrected chi connectivity index (χ0v) is 18.8. The second-order valence-corrected chi connectivity index (χ2v) is 7.99. The molecule has 0 radical (unpaired) electrons. The Morgan fingerprint density at radius 1 is 0.737 bits per heavy atom. The average molecular weight is 544 g/mol. The quantitative estimate of drug-likeness (QED) is 0.275. The lowest BCUT2D eigenvalue weighted by molar-refractivity contribution is -0.143. The molecule has 198 valence electrons. The van der Waals surface area contributed by atoms with Crippen LogP contribution in [0.2, 0.25) is 0 Å². The summed E-state index contributed by atoms with van der Waals surface area (Å²) < 4.78 is 121. The third-order valence-corrected chi connectivity index (χ3v) is 5.24. The monoisotopic (exact) mass is 544 g/mol. The predicted molar refractivity (Wildman–Crippen MR) is 117 cm³/mol. The first kappa shape index (κ1) is 26.8. The highest BCUT2D eigenvalue weighted by Gasteiger charge is 2.38. The number of pyridine rings is 1. The molecular formula is C24H13F9N4O. The van der Waals surface area contributed by atoms with Crippen molar-refractivity contribution in [2.75, 3.05) is 5.32 Å². The van der Waals surface area contributed by atoms with E-state index in [0.717, 1.165) is 0 Å². The van der Waals surface area contributed by atoms with Crippen molar-refractivity contribution in [1.29, 1.82) is 0 Å². The third-order valence-electron chi connectivity index (χ3n) is 5.24. The molecule has 0 aliphatic rings. The number of nitrogens with one attached hydrogen (secondary N) is 1. The number of carbonyl (C=O) groups excluding carboxylic acids is 1. The summed E-state index contributed by atoms with van der Waals surface area (Å²) in [5.74, 6) is -2.51. The fourth-order valence-electron chi connectivity index (χ4n) is 3.58. The molecule has 4 aromatic rings. The Labute approximate surface area is 207 Å². The number of nitrogens with zero attached hydrogens (tertiary/aromatic N) is 3. The van der Waals surface area contributed by atoms with Crippen molar-refractivity contribution in [3.05, 3.63) is 82.7 Å². The molecule has 0 saturated heterocycles. The molecule has 1 amide bonds. The zero-order chi connectivity index (χ0) is 28.0. The maximum Gasteiger partial charge on any atom is 0.417 e. The van der Waals surface area contributed by atoms with E-state index in [9.17, 15) is 44.3 Å². The summed E-state index contributed by atoms with van der Waals surface area (Å²) in [4.78, 5) is 24.5. The summed E-state index contributed by atoms with van der Waals surface area (Å²) in [6.07, 6.45) is -15.5. The fraction of sp³-hybridized carbons (Fsp3) is 0.167. The van der Waals surface area contributed by atoms with E-state index < -0.39 is 63.5 Å². The molecule has 0 spiro atoms. The van der Waals surface area contributed by atoms with E-state index in [4.69, 9.17) is 0 Å². The van der Waals surface area contributed by atoms with Crippen LogP contribution >= 0.6 is 0 Å². The lowest BCUT2D eigenvalue weighted by atomic mass is 10.0. The van der Waals surface area contributed by atoms with Crippen LogP contribution in [0.1, 0.15) is 32.9 Å². The maximum atomic E-state index is 14.1. The summed E-state index contributed by atoms with van der Waals surface area (Å²) in [7, 11) is 0. The van der Waals surface area contributed by atoms with Crippen LogP contribution in [0.3, 0.4) is 0 Å². The van der Waals surface area contributed by atoms with Crippen molar-refractivity contribution in [3.8, 4) is 11.3 Å². The van der Waals surface area contributed by atoms with Gasteiger partial charge in [0.25, 0.3) is 5.91 Å². The first-order valence-corrected chi connectivity index (χ1v) is 10.5. The van der Waals surface area contributed by atoms with Gasteiger partial charge in [0.15, 0.2) is 5.65 Å². The molecule has 2 heterocycles. The minimum atomic E-state index is -5.24. The van der Waals surface area contributed by atoms with Gasteiger partial charge in [0.05, 0.1) is 27.8 Å².